The lowest BCUT2D eigenvalue weighted by atomic mass is 10.0. The Labute approximate surface area is 167 Å². The van der Waals surface area contributed by atoms with Gasteiger partial charge in [-0.1, -0.05) is 12.1 Å². The van der Waals surface area contributed by atoms with Crippen LogP contribution in [0.25, 0.3) is 0 Å². The number of alkyl halides is 3. The molecule has 1 atom stereocenters. The maximum Gasteiger partial charge on any atom is 0.406 e. The van der Waals surface area contributed by atoms with E-state index in [2.05, 4.69) is 34.1 Å². The summed E-state index contributed by atoms with van der Waals surface area (Å²) in [7, 11) is 4.18. The van der Waals surface area contributed by atoms with Crippen molar-refractivity contribution in [3.63, 3.8) is 0 Å². The predicted octanol–water partition coefficient (Wildman–Crippen LogP) is 3.54. The molecule has 6 nitrogen and oxygen atoms in total. The smallest absolute Gasteiger partial charge is 0.371 e. The van der Waals surface area contributed by atoms with Gasteiger partial charge in [0, 0.05) is 37.9 Å². The zero-order valence-electron chi connectivity index (χ0n) is 16.5. The molecule has 0 saturated carbocycles. The molecule has 1 aromatic carbocycles. The predicted molar refractivity (Wildman–Crippen MR) is 102 cm³/mol. The van der Waals surface area contributed by atoms with Crippen molar-refractivity contribution in [1.29, 1.82) is 0 Å². The Bertz CT molecular complexity index is 856. The minimum Gasteiger partial charge on any atom is -0.371 e. The summed E-state index contributed by atoms with van der Waals surface area (Å²) >= 11 is 0. The van der Waals surface area contributed by atoms with Gasteiger partial charge in [-0.15, -0.1) is 5.11 Å². The lowest BCUT2D eigenvalue weighted by molar-refractivity contribution is -0.177. The number of benzene rings is 1. The second kappa shape index (κ2) is 7.44. The lowest BCUT2D eigenvalue weighted by Gasteiger charge is -2.37. The first kappa shape index (κ1) is 19.9. The topological polar surface area (TPSA) is 51.5 Å². The molecule has 3 aliphatic rings. The van der Waals surface area contributed by atoms with E-state index in [-0.39, 0.29) is 5.70 Å². The van der Waals surface area contributed by atoms with Crippen molar-refractivity contribution in [1.82, 2.24) is 9.80 Å². The molecular formula is C20H24F3N5O. The summed E-state index contributed by atoms with van der Waals surface area (Å²) in [4.78, 5) is 18.0. The molecule has 4 rings (SSSR count). The molecule has 1 unspecified atom stereocenters. The third kappa shape index (κ3) is 3.75. The molecule has 0 bridgehead atoms. The van der Waals surface area contributed by atoms with E-state index in [1.807, 2.05) is 18.2 Å². The number of azo groups is 1. The lowest BCUT2D eigenvalue weighted by Crippen LogP contribution is -2.42. The van der Waals surface area contributed by atoms with Gasteiger partial charge in [-0.2, -0.15) is 18.3 Å². The van der Waals surface area contributed by atoms with Gasteiger partial charge in [0.2, 0.25) is 0 Å². The number of hydrogen-bond donors (Lipinski definition) is 0. The highest BCUT2D eigenvalue weighted by atomic mass is 19.4. The highest BCUT2D eigenvalue weighted by Crippen LogP contribution is 2.41. The van der Waals surface area contributed by atoms with Gasteiger partial charge in [0.25, 0.3) is 5.91 Å². The quantitative estimate of drug-likeness (QED) is 0.769. The molecule has 0 radical (unpaired) electrons. The Morgan fingerprint density at radius 2 is 1.83 bits per heavy atom. The standard InChI is InChI=1S/C20H24F3N5O/c1-26(2)14-6-8-27(9-7-14)16-5-3-4-13-11-28(12-15(13)16)17-10-24-25-19(29)18(17)20(21,22)23/h3-5,10,14,18H,6-9,11-12H2,1-2H3. The Hall–Kier alpha value is -2.42. The summed E-state index contributed by atoms with van der Waals surface area (Å²) in [6.45, 7) is 2.50. The van der Waals surface area contributed by atoms with Crippen LogP contribution in [0.2, 0.25) is 0 Å². The molecule has 3 heterocycles. The number of rotatable bonds is 3. The molecule has 0 aromatic heterocycles. The molecule has 1 aromatic rings. The van der Waals surface area contributed by atoms with Crippen molar-refractivity contribution in [2.75, 3.05) is 32.1 Å². The van der Waals surface area contributed by atoms with E-state index in [1.165, 1.54) is 0 Å². The first-order valence-corrected chi connectivity index (χ1v) is 9.74. The summed E-state index contributed by atoms with van der Waals surface area (Å²) in [5.41, 5.74) is 2.99. The van der Waals surface area contributed by atoms with Gasteiger partial charge in [0.05, 0.1) is 11.9 Å². The van der Waals surface area contributed by atoms with E-state index < -0.39 is 18.0 Å². The maximum atomic E-state index is 13.5. The van der Waals surface area contributed by atoms with E-state index in [9.17, 15) is 18.0 Å². The number of amides is 1. The number of anilines is 1. The van der Waals surface area contributed by atoms with Crippen molar-refractivity contribution in [3.05, 3.63) is 41.2 Å². The van der Waals surface area contributed by atoms with E-state index in [4.69, 9.17) is 0 Å². The zero-order valence-corrected chi connectivity index (χ0v) is 16.5. The van der Waals surface area contributed by atoms with Crippen LogP contribution in [0.5, 0.6) is 0 Å². The monoisotopic (exact) mass is 407 g/mol. The Morgan fingerprint density at radius 3 is 2.48 bits per heavy atom. The average Bonchev–Trinajstić information content (AvgIpc) is 3.11. The Morgan fingerprint density at radius 1 is 1.10 bits per heavy atom. The highest BCUT2D eigenvalue weighted by molar-refractivity contribution is 5.83. The van der Waals surface area contributed by atoms with Gasteiger partial charge >= 0.3 is 6.18 Å². The summed E-state index contributed by atoms with van der Waals surface area (Å²) < 4.78 is 40.5. The minimum atomic E-state index is -4.69. The van der Waals surface area contributed by atoms with Gasteiger partial charge in [0.1, 0.15) is 0 Å². The maximum absolute atomic E-state index is 13.5. The first-order valence-electron chi connectivity index (χ1n) is 9.74. The van der Waals surface area contributed by atoms with Gasteiger partial charge in [-0.05, 0) is 44.1 Å². The van der Waals surface area contributed by atoms with Gasteiger partial charge in [0.15, 0.2) is 5.92 Å². The van der Waals surface area contributed by atoms with Crippen LogP contribution in [0.3, 0.4) is 0 Å². The second-order valence-corrected chi connectivity index (χ2v) is 8.04. The van der Waals surface area contributed by atoms with Crippen molar-refractivity contribution in [2.24, 2.45) is 16.1 Å². The molecule has 9 heteroatoms. The molecule has 29 heavy (non-hydrogen) atoms. The van der Waals surface area contributed by atoms with Gasteiger partial charge < -0.3 is 14.7 Å². The van der Waals surface area contributed by atoms with Crippen LogP contribution in [0.15, 0.2) is 40.3 Å². The molecule has 1 fully saturated rings. The van der Waals surface area contributed by atoms with Crippen LogP contribution in [-0.2, 0) is 17.9 Å². The minimum absolute atomic E-state index is 0.119. The van der Waals surface area contributed by atoms with Gasteiger partial charge in [-0.3, -0.25) is 4.79 Å². The summed E-state index contributed by atoms with van der Waals surface area (Å²) in [5.74, 6) is -3.49. The largest absolute Gasteiger partial charge is 0.406 e. The number of fused-ring (bicyclic) bond motifs is 1. The number of hydrogen-bond acceptors (Lipinski definition) is 5. The third-order valence-corrected chi connectivity index (χ3v) is 6.08. The molecular weight excluding hydrogens is 383 g/mol. The van der Waals surface area contributed by atoms with Crippen LogP contribution in [0.1, 0.15) is 24.0 Å². The summed E-state index contributed by atoms with van der Waals surface area (Å²) in [6.07, 6.45) is -1.51. The second-order valence-electron chi connectivity index (χ2n) is 8.04. The van der Waals surface area contributed by atoms with Crippen molar-refractivity contribution in [2.45, 2.75) is 38.1 Å². The van der Waals surface area contributed by atoms with Crippen LogP contribution >= 0.6 is 0 Å². The fraction of sp³-hybridized carbons (Fsp3) is 0.550. The normalized spacial score (nSPS) is 23.0. The molecule has 0 N–H and O–H groups in total. The van der Waals surface area contributed by atoms with Crippen LogP contribution in [0.4, 0.5) is 18.9 Å². The number of carbonyl (C=O) groups is 1. The summed E-state index contributed by atoms with van der Waals surface area (Å²) in [6, 6.07) is 6.49. The van der Waals surface area contributed by atoms with E-state index in [1.54, 1.807) is 4.90 Å². The number of carbonyl (C=O) groups excluding carboxylic acids is 1. The van der Waals surface area contributed by atoms with Crippen LogP contribution in [-0.4, -0.2) is 55.1 Å². The average molecular weight is 407 g/mol. The number of piperidine rings is 1. The number of nitrogens with zero attached hydrogens (tertiary/aromatic N) is 5. The third-order valence-electron chi connectivity index (χ3n) is 6.08. The van der Waals surface area contributed by atoms with Crippen molar-refractivity contribution < 1.29 is 18.0 Å². The molecule has 1 saturated heterocycles. The first-order chi connectivity index (χ1) is 13.8. The van der Waals surface area contributed by atoms with Gasteiger partial charge in [-0.25, -0.2) is 0 Å². The highest BCUT2D eigenvalue weighted by Gasteiger charge is 2.50. The molecule has 0 spiro atoms. The molecule has 1 amide bonds. The zero-order chi connectivity index (χ0) is 20.8. The molecule has 3 aliphatic heterocycles. The van der Waals surface area contributed by atoms with Crippen LogP contribution in [0, 0.1) is 5.92 Å². The summed E-state index contributed by atoms with van der Waals surface area (Å²) in [5, 5.41) is 6.62. The fourth-order valence-electron chi connectivity index (χ4n) is 4.48. The van der Waals surface area contributed by atoms with Crippen molar-refractivity contribution >= 4 is 11.6 Å². The molecule has 0 aliphatic carbocycles. The Balaban J connectivity index is 1.56. The molecule has 156 valence electrons. The SMILES string of the molecule is CN(C)C1CCN(c2cccc3c2CN(C2=CN=NC(=O)C2C(F)(F)F)C3)CC1. The number of halogens is 3. The van der Waals surface area contributed by atoms with Crippen molar-refractivity contribution in [3.8, 4) is 0 Å². The van der Waals surface area contributed by atoms with Crippen LogP contribution < -0.4 is 4.90 Å². The van der Waals surface area contributed by atoms with E-state index >= 15 is 0 Å². The fourth-order valence-corrected chi connectivity index (χ4v) is 4.48. The Kier molecular flexibility index (Phi) is 5.10. The van der Waals surface area contributed by atoms with E-state index in [0.29, 0.717) is 19.1 Å². The van der Waals surface area contributed by atoms with E-state index in [0.717, 1.165) is 48.9 Å².